The Morgan fingerprint density at radius 3 is 2.48 bits per heavy atom. The molecule has 0 aliphatic heterocycles. The maximum absolute atomic E-state index is 5.66. The van der Waals surface area contributed by atoms with Crippen molar-refractivity contribution in [2.45, 2.75) is 67.0 Å². The first-order valence-corrected chi connectivity index (χ1v) is 8.06. The van der Waals surface area contributed by atoms with Crippen molar-refractivity contribution in [3.63, 3.8) is 0 Å². The van der Waals surface area contributed by atoms with E-state index in [-0.39, 0.29) is 5.54 Å². The fraction of sp³-hybridized carbons (Fsp3) is 0.824. The summed E-state index contributed by atoms with van der Waals surface area (Å²) in [5.74, 6) is 0.587. The quantitative estimate of drug-likeness (QED) is 0.749. The summed E-state index contributed by atoms with van der Waals surface area (Å²) in [6, 6.07) is 0. The zero-order valence-corrected chi connectivity index (χ0v) is 14.9. The van der Waals surface area contributed by atoms with Crippen LogP contribution < -0.4 is 5.32 Å². The van der Waals surface area contributed by atoms with E-state index in [0.717, 1.165) is 38.4 Å². The SMILES string of the molecule is Cc1nn(CCOCC(C)C)c(C)c1CCNC(C)(C)C. The van der Waals surface area contributed by atoms with Gasteiger partial charge in [0.15, 0.2) is 0 Å². The van der Waals surface area contributed by atoms with E-state index in [4.69, 9.17) is 4.74 Å². The lowest BCUT2D eigenvalue weighted by Gasteiger charge is -2.20. The number of rotatable bonds is 8. The Bertz CT molecular complexity index is 430. The minimum Gasteiger partial charge on any atom is -0.379 e. The molecule has 0 fully saturated rings. The van der Waals surface area contributed by atoms with Crippen molar-refractivity contribution in [2.24, 2.45) is 5.92 Å². The average Bonchev–Trinajstić information content (AvgIpc) is 2.60. The number of aromatic nitrogens is 2. The molecule has 21 heavy (non-hydrogen) atoms. The molecular weight excluding hydrogens is 262 g/mol. The molecule has 0 amide bonds. The molecule has 0 radical (unpaired) electrons. The van der Waals surface area contributed by atoms with Crippen LogP contribution in [0.25, 0.3) is 0 Å². The van der Waals surface area contributed by atoms with Gasteiger partial charge in [-0.3, -0.25) is 4.68 Å². The van der Waals surface area contributed by atoms with Crippen molar-refractivity contribution in [3.8, 4) is 0 Å². The summed E-state index contributed by atoms with van der Waals surface area (Å²) in [6.07, 6.45) is 1.03. The number of hydrogen-bond donors (Lipinski definition) is 1. The van der Waals surface area contributed by atoms with Crippen LogP contribution in [-0.4, -0.2) is 35.1 Å². The van der Waals surface area contributed by atoms with E-state index in [9.17, 15) is 0 Å². The maximum Gasteiger partial charge on any atom is 0.0662 e. The highest BCUT2D eigenvalue weighted by Crippen LogP contribution is 2.14. The third-order valence-corrected chi connectivity index (χ3v) is 3.46. The molecule has 0 bridgehead atoms. The van der Waals surface area contributed by atoms with E-state index < -0.39 is 0 Å². The molecule has 0 atom stereocenters. The molecule has 0 saturated carbocycles. The molecule has 1 aromatic rings. The molecule has 0 aliphatic carbocycles. The zero-order valence-electron chi connectivity index (χ0n) is 14.9. The Kier molecular flexibility index (Phi) is 6.88. The van der Waals surface area contributed by atoms with Crippen molar-refractivity contribution >= 4 is 0 Å². The molecule has 0 unspecified atom stereocenters. The van der Waals surface area contributed by atoms with Crippen LogP contribution in [-0.2, 0) is 17.7 Å². The van der Waals surface area contributed by atoms with Crippen molar-refractivity contribution in [1.29, 1.82) is 0 Å². The summed E-state index contributed by atoms with van der Waals surface area (Å²) in [5.41, 5.74) is 3.96. The third-order valence-electron chi connectivity index (χ3n) is 3.46. The van der Waals surface area contributed by atoms with Crippen LogP contribution >= 0.6 is 0 Å². The van der Waals surface area contributed by atoms with E-state index in [1.54, 1.807) is 0 Å². The smallest absolute Gasteiger partial charge is 0.0662 e. The first-order chi connectivity index (χ1) is 9.70. The second-order valence-corrected chi connectivity index (χ2v) is 7.27. The van der Waals surface area contributed by atoms with E-state index in [0.29, 0.717) is 5.92 Å². The highest BCUT2D eigenvalue weighted by Gasteiger charge is 2.13. The Hall–Kier alpha value is -0.870. The fourth-order valence-electron chi connectivity index (χ4n) is 2.35. The van der Waals surface area contributed by atoms with E-state index in [1.807, 2.05) is 0 Å². The molecule has 0 aromatic carbocycles. The predicted octanol–water partition coefficient (Wildman–Crippen LogP) is 3.10. The lowest BCUT2D eigenvalue weighted by Crippen LogP contribution is -2.37. The number of aryl methyl sites for hydroxylation is 1. The van der Waals surface area contributed by atoms with Gasteiger partial charge in [-0.25, -0.2) is 0 Å². The number of nitrogens with zero attached hydrogens (tertiary/aromatic N) is 2. The molecule has 0 saturated heterocycles. The predicted molar refractivity (Wildman–Crippen MR) is 88.8 cm³/mol. The third kappa shape index (κ3) is 6.62. The van der Waals surface area contributed by atoms with E-state index in [1.165, 1.54) is 11.3 Å². The van der Waals surface area contributed by atoms with Gasteiger partial charge in [-0.1, -0.05) is 13.8 Å². The van der Waals surface area contributed by atoms with Gasteiger partial charge in [-0.05, 0) is 59.1 Å². The summed E-state index contributed by atoms with van der Waals surface area (Å²) in [6.45, 7) is 18.6. The summed E-state index contributed by atoms with van der Waals surface area (Å²) >= 11 is 0. The summed E-state index contributed by atoms with van der Waals surface area (Å²) in [4.78, 5) is 0. The molecule has 122 valence electrons. The molecule has 1 heterocycles. The second kappa shape index (κ2) is 7.95. The van der Waals surface area contributed by atoms with Crippen LogP contribution in [0, 0.1) is 19.8 Å². The standard InChI is InChI=1S/C17H33N3O/c1-13(2)12-21-11-10-20-15(4)16(14(3)19-20)8-9-18-17(5,6)7/h13,18H,8-12H2,1-7H3. The Balaban J connectivity index is 2.51. The first kappa shape index (κ1) is 18.2. The van der Waals surface area contributed by atoms with Crippen LogP contribution in [0.1, 0.15) is 51.6 Å². The Morgan fingerprint density at radius 2 is 1.90 bits per heavy atom. The van der Waals surface area contributed by atoms with Gasteiger partial charge >= 0.3 is 0 Å². The fourth-order valence-corrected chi connectivity index (χ4v) is 2.35. The zero-order chi connectivity index (χ0) is 16.0. The van der Waals surface area contributed by atoms with Crippen molar-refractivity contribution < 1.29 is 4.74 Å². The van der Waals surface area contributed by atoms with Gasteiger partial charge in [-0.15, -0.1) is 0 Å². The summed E-state index contributed by atoms with van der Waals surface area (Å²) in [5, 5.41) is 8.19. The summed E-state index contributed by atoms with van der Waals surface area (Å²) in [7, 11) is 0. The summed E-state index contributed by atoms with van der Waals surface area (Å²) < 4.78 is 7.74. The Morgan fingerprint density at radius 1 is 1.24 bits per heavy atom. The van der Waals surface area contributed by atoms with Gasteiger partial charge in [0, 0.05) is 17.8 Å². The largest absolute Gasteiger partial charge is 0.379 e. The monoisotopic (exact) mass is 295 g/mol. The van der Waals surface area contributed by atoms with E-state index in [2.05, 4.69) is 63.6 Å². The molecule has 0 aliphatic rings. The molecule has 1 rings (SSSR count). The number of ether oxygens (including phenoxy) is 1. The van der Waals surface area contributed by atoms with Crippen molar-refractivity contribution in [1.82, 2.24) is 15.1 Å². The molecule has 4 nitrogen and oxygen atoms in total. The van der Waals surface area contributed by atoms with E-state index >= 15 is 0 Å². The Labute approximate surface area is 130 Å². The van der Waals surface area contributed by atoms with Gasteiger partial charge in [0.2, 0.25) is 0 Å². The van der Waals surface area contributed by atoms with Gasteiger partial charge in [0.25, 0.3) is 0 Å². The van der Waals surface area contributed by atoms with Gasteiger partial charge in [-0.2, -0.15) is 5.10 Å². The van der Waals surface area contributed by atoms with Crippen LogP contribution in [0.5, 0.6) is 0 Å². The topological polar surface area (TPSA) is 39.1 Å². The minimum atomic E-state index is 0.169. The van der Waals surface area contributed by atoms with Gasteiger partial charge in [0.05, 0.1) is 18.8 Å². The second-order valence-electron chi connectivity index (χ2n) is 7.27. The van der Waals surface area contributed by atoms with Crippen LogP contribution in [0.4, 0.5) is 0 Å². The molecule has 0 spiro atoms. The van der Waals surface area contributed by atoms with Crippen molar-refractivity contribution in [3.05, 3.63) is 17.0 Å². The van der Waals surface area contributed by atoms with Gasteiger partial charge < -0.3 is 10.1 Å². The normalized spacial score (nSPS) is 12.4. The average molecular weight is 295 g/mol. The van der Waals surface area contributed by atoms with Crippen LogP contribution in [0.2, 0.25) is 0 Å². The molecule has 1 N–H and O–H groups in total. The van der Waals surface area contributed by atoms with Gasteiger partial charge in [0.1, 0.15) is 0 Å². The highest BCUT2D eigenvalue weighted by molar-refractivity contribution is 5.24. The minimum absolute atomic E-state index is 0.169. The number of nitrogens with one attached hydrogen (secondary N) is 1. The lowest BCUT2D eigenvalue weighted by molar-refractivity contribution is 0.100. The lowest BCUT2D eigenvalue weighted by atomic mass is 10.1. The first-order valence-electron chi connectivity index (χ1n) is 8.06. The molecular formula is C17H33N3O. The van der Waals surface area contributed by atoms with Crippen LogP contribution in [0.15, 0.2) is 0 Å². The maximum atomic E-state index is 5.66. The van der Waals surface area contributed by atoms with Crippen molar-refractivity contribution in [2.75, 3.05) is 19.8 Å². The highest BCUT2D eigenvalue weighted by atomic mass is 16.5. The van der Waals surface area contributed by atoms with Crippen LogP contribution in [0.3, 0.4) is 0 Å². The molecule has 1 aromatic heterocycles. The molecule has 4 heteroatoms. The number of hydrogen-bond acceptors (Lipinski definition) is 3.